The lowest BCUT2D eigenvalue weighted by atomic mass is 9.91. The number of aromatic hydroxyl groups is 2. The molecule has 0 bridgehead atoms. The van der Waals surface area contributed by atoms with Crippen LogP contribution in [0.25, 0.3) is 21.8 Å². The first-order valence-electron chi connectivity index (χ1n) is 10.1. The highest BCUT2D eigenvalue weighted by Crippen LogP contribution is 2.50. The predicted molar refractivity (Wildman–Crippen MR) is 121 cm³/mol. The number of carbonyl (C=O) groups is 2. The Morgan fingerprint density at radius 2 is 1.34 bits per heavy atom. The van der Waals surface area contributed by atoms with Crippen molar-refractivity contribution < 1.29 is 24.5 Å². The molecule has 1 aliphatic carbocycles. The minimum Gasteiger partial charge on any atom is -0.505 e. The molecule has 0 saturated heterocycles. The Balaban J connectivity index is 1.83. The topological polar surface area (TPSA) is 109 Å². The van der Waals surface area contributed by atoms with E-state index in [0.29, 0.717) is 5.69 Å². The Morgan fingerprint density at radius 1 is 0.812 bits per heavy atom. The number of carbonyl (C=O) groups excluding carboxylic acids is 2. The molecule has 3 aromatic carbocycles. The molecule has 0 saturated carbocycles. The zero-order valence-electron chi connectivity index (χ0n) is 17.0. The van der Waals surface area contributed by atoms with E-state index in [0.717, 1.165) is 34.0 Å². The molecule has 1 aliphatic rings. The van der Waals surface area contributed by atoms with Gasteiger partial charge in [-0.15, -0.1) is 0 Å². The lowest BCUT2D eigenvalue weighted by Gasteiger charge is -2.22. The van der Waals surface area contributed by atoms with Crippen LogP contribution in [0.2, 0.25) is 0 Å². The molecule has 5 rings (SSSR count). The highest BCUT2D eigenvalue weighted by atomic mass is 16.5. The summed E-state index contributed by atoms with van der Waals surface area (Å²) in [4.78, 5) is 29.6. The zero-order valence-corrected chi connectivity index (χ0v) is 17.0. The standard InChI is InChI=1S/C25H18N2O5/c1-2-32-25-22(23(30)19-17(28)11-12-18(29)20(19)24(25)31)27-21-13-7-3-5-9-15(13)26-16-10-6-4-8-14(16)21/h3-12,30-31H,2H2,1H3,(H,26,27). The predicted octanol–water partition coefficient (Wildman–Crippen LogP) is 4.88. The second-order valence-corrected chi connectivity index (χ2v) is 7.29. The number of anilines is 2. The second kappa shape index (κ2) is 7.39. The van der Waals surface area contributed by atoms with Crippen LogP contribution < -0.4 is 10.1 Å². The zero-order chi connectivity index (χ0) is 22.4. The molecule has 7 nitrogen and oxygen atoms in total. The fraction of sp³-hybridized carbons (Fsp3) is 0.0800. The number of nitrogens with one attached hydrogen (secondary N) is 1. The summed E-state index contributed by atoms with van der Waals surface area (Å²) in [5.41, 5.74) is 1.54. The normalized spacial score (nSPS) is 12.9. The van der Waals surface area contributed by atoms with Crippen LogP contribution in [0.1, 0.15) is 27.6 Å². The number of ether oxygens (including phenoxy) is 1. The van der Waals surface area contributed by atoms with E-state index in [1.165, 1.54) is 0 Å². The Bertz CT molecular complexity index is 1420. The number of hydrogen-bond donors (Lipinski definition) is 3. The molecule has 0 fully saturated rings. The van der Waals surface area contributed by atoms with Crippen molar-refractivity contribution in [1.82, 2.24) is 4.98 Å². The summed E-state index contributed by atoms with van der Waals surface area (Å²) in [5, 5.41) is 26.7. The van der Waals surface area contributed by atoms with Crippen LogP contribution in [0.4, 0.5) is 11.4 Å². The first-order chi connectivity index (χ1) is 15.5. The fourth-order valence-corrected chi connectivity index (χ4v) is 4.00. The van der Waals surface area contributed by atoms with Gasteiger partial charge < -0.3 is 20.3 Å². The molecule has 0 atom stereocenters. The minimum absolute atomic E-state index is 0.000978. The SMILES string of the molecule is CCOc1c(O)c2c(c(O)c1Nc1c3ccccc3nc3ccccc13)C(=O)C=CC2=O. The Morgan fingerprint density at radius 3 is 1.91 bits per heavy atom. The van der Waals surface area contributed by atoms with Gasteiger partial charge in [-0.3, -0.25) is 9.59 Å². The van der Waals surface area contributed by atoms with Crippen LogP contribution in [0.3, 0.4) is 0 Å². The summed E-state index contributed by atoms with van der Waals surface area (Å²) < 4.78 is 5.62. The number of fused-ring (bicyclic) bond motifs is 3. The van der Waals surface area contributed by atoms with Crippen LogP contribution in [0.5, 0.6) is 17.2 Å². The number of benzene rings is 3. The number of pyridine rings is 1. The molecule has 32 heavy (non-hydrogen) atoms. The first-order valence-corrected chi connectivity index (χ1v) is 10.1. The van der Waals surface area contributed by atoms with E-state index < -0.39 is 23.1 Å². The van der Waals surface area contributed by atoms with Gasteiger partial charge in [0.25, 0.3) is 0 Å². The molecule has 4 aromatic rings. The number of phenolic OH excluding ortho intramolecular Hbond substituents is 2. The van der Waals surface area contributed by atoms with Crippen LogP contribution in [0.15, 0.2) is 60.7 Å². The summed E-state index contributed by atoms with van der Waals surface area (Å²) in [6.45, 7) is 1.88. The van der Waals surface area contributed by atoms with E-state index in [9.17, 15) is 19.8 Å². The lowest BCUT2D eigenvalue weighted by Crippen LogP contribution is -2.14. The highest BCUT2D eigenvalue weighted by molar-refractivity contribution is 6.26. The van der Waals surface area contributed by atoms with Gasteiger partial charge in [-0.05, 0) is 31.2 Å². The first kappa shape index (κ1) is 19.6. The van der Waals surface area contributed by atoms with E-state index in [1.807, 2.05) is 48.5 Å². The van der Waals surface area contributed by atoms with Crippen LogP contribution >= 0.6 is 0 Å². The molecule has 0 aliphatic heterocycles. The van der Waals surface area contributed by atoms with E-state index in [-0.39, 0.29) is 29.2 Å². The van der Waals surface area contributed by atoms with Gasteiger partial charge in [0, 0.05) is 10.8 Å². The third kappa shape index (κ3) is 2.86. The van der Waals surface area contributed by atoms with Gasteiger partial charge in [0.05, 0.1) is 34.5 Å². The Kier molecular flexibility index (Phi) is 4.52. The Hall–Kier alpha value is -4.39. The Labute approximate surface area is 182 Å². The molecule has 0 unspecified atom stereocenters. The van der Waals surface area contributed by atoms with Gasteiger partial charge in [0.2, 0.25) is 0 Å². The molecule has 158 valence electrons. The monoisotopic (exact) mass is 426 g/mol. The van der Waals surface area contributed by atoms with Gasteiger partial charge in [-0.1, -0.05) is 36.4 Å². The van der Waals surface area contributed by atoms with Crippen molar-refractivity contribution in [2.45, 2.75) is 6.92 Å². The number of rotatable bonds is 4. The summed E-state index contributed by atoms with van der Waals surface area (Å²) in [6, 6.07) is 15.0. The minimum atomic E-state index is -0.584. The summed E-state index contributed by atoms with van der Waals surface area (Å²) in [5.74, 6) is -2.23. The quantitative estimate of drug-likeness (QED) is 0.242. The van der Waals surface area contributed by atoms with Crippen molar-refractivity contribution in [1.29, 1.82) is 0 Å². The van der Waals surface area contributed by atoms with Crippen LogP contribution in [0, 0.1) is 0 Å². The summed E-state index contributed by atoms with van der Waals surface area (Å²) >= 11 is 0. The number of ketones is 2. The van der Waals surface area contributed by atoms with E-state index in [4.69, 9.17) is 4.74 Å². The van der Waals surface area contributed by atoms with Crippen molar-refractivity contribution in [3.8, 4) is 17.2 Å². The smallest absolute Gasteiger partial charge is 0.190 e. The summed E-state index contributed by atoms with van der Waals surface area (Å²) in [6.07, 6.45) is 2.14. The van der Waals surface area contributed by atoms with Crippen LogP contribution in [-0.4, -0.2) is 33.4 Å². The van der Waals surface area contributed by atoms with Crippen molar-refractivity contribution >= 4 is 44.7 Å². The average molecular weight is 426 g/mol. The highest BCUT2D eigenvalue weighted by Gasteiger charge is 2.33. The molecule has 7 heteroatoms. The third-order valence-electron chi connectivity index (χ3n) is 5.41. The van der Waals surface area contributed by atoms with Gasteiger partial charge in [0.15, 0.2) is 28.8 Å². The van der Waals surface area contributed by atoms with Crippen LogP contribution in [-0.2, 0) is 0 Å². The lowest BCUT2D eigenvalue weighted by molar-refractivity contribution is 0.0988. The van der Waals surface area contributed by atoms with Crippen molar-refractivity contribution in [3.63, 3.8) is 0 Å². The molecular formula is C25H18N2O5. The number of hydrogen-bond acceptors (Lipinski definition) is 7. The molecule has 1 aromatic heterocycles. The number of aromatic nitrogens is 1. The molecular weight excluding hydrogens is 408 g/mol. The maximum Gasteiger partial charge on any atom is 0.190 e. The van der Waals surface area contributed by atoms with Crippen molar-refractivity contribution in [3.05, 3.63) is 71.8 Å². The molecule has 0 radical (unpaired) electrons. The summed E-state index contributed by atoms with van der Waals surface area (Å²) in [7, 11) is 0. The van der Waals surface area contributed by atoms with Crippen molar-refractivity contribution in [2.24, 2.45) is 0 Å². The second-order valence-electron chi connectivity index (χ2n) is 7.29. The number of nitrogens with zero attached hydrogens (tertiary/aromatic N) is 1. The van der Waals surface area contributed by atoms with E-state index in [1.54, 1.807) is 6.92 Å². The van der Waals surface area contributed by atoms with E-state index in [2.05, 4.69) is 10.3 Å². The van der Waals surface area contributed by atoms with Gasteiger partial charge in [0.1, 0.15) is 5.69 Å². The van der Waals surface area contributed by atoms with Gasteiger partial charge in [-0.2, -0.15) is 0 Å². The van der Waals surface area contributed by atoms with Gasteiger partial charge in [-0.25, -0.2) is 4.98 Å². The molecule has 3 N–H and O–H groups in total. The number of allylic oxidation sites excluding steroid dienone is 2. The average Bonchev–Trinajstić information content (AvgIpc) is 2.80. The fourth-order valence-electron chi connectivity index (χ4n) is 4.00. The van der Waals surface area contributed by atoms with E-state index >= 15 is 0 Å². The third-order valence-corrected chi connectivity index (χ3v) is 5.41. The van der Waals surface area contributed by atoms with Gasteiger partial charge >= 0.3 is 0 Å². The van der Waals surface area contributed by atoms with Crippen molar-refractivity contribution in [2.75, 3.05) is 11.9 Å². The maximum atomic E-state index is 12.5. The number of phenols is 2. The molecule has 0 amide bonds. The molecule has 1 heterocycles. The molecule has 0 spiro atoms. The number of para-hydroxylation sites is 2. The maximum absolute atomic E-state index is 12.5. The largest absolute Gasteiger partial charge is 0.505 e.